The van der Waals surface area contributed by atoms with E-state index in [1.807, 2.05) is 24.4 Å². The number of aromatic nitrogens is 2. The average Bonchev–Trinajstić information content (AvgIpc) is 2.64. The van der Waals surface area contributed by atoms with Crippen LogP contribution in [0.5, 0.6) is 0 Å². The molecule has 0 aliphatic heterocycles. The van der Waals surface area contributed by atoms with Crippen LogP contribution in [0.25, 0.3) is 0 Å². The summed E-state index contributed by atoms with van der Waals surface area (Å²) in [5.41, 5.74) is 7.94. The van der Waals surface area contributed by atoms with E-state index >= 15 is 0 Å². The minimum Gasteiger partial charge on any atom is -0.388 e. The zero-order valence-electron chi connectivity index (χ0n) is 8.60. The first-order valence-electron chi connectivity index (χ1n) is 4.61. The lowest BCUT2D eigenvalue weighted by atomic mass is 10.3. The molecule has 0 atom stereocenters. The first-order chi connectivity index (χ1) is 7.66. The maximum Gasteiger partial charge on any atom is 0.187 e. The highest BCUT2D eigenvalue weighted by Gasteiger charge is 2.07. The molecule has 0 aromatic carbocycles. The van der Waals surface area contributed by atoms with E-state index < -0.39 is 0 Å². The van der Waals surface area contributed by atoms with Crippen molar-refractivity contribution in [3.8, 4) is 0 Å². The maximum atomic E-state index is 5.59. The van der Waals surface area contributed by atoms with Gasteiger partial charge in [-0.05, 0) is 19.1 Å². The zero-order valence-corrected chi connectivity index (χ0v) is 10.2. The Balaban J connectivity index is 2.31. The van der Waals surface area contributed by atoms with Crippen LogP contribution in [0.3, 0.4) is 0 Å². The topological polar surface area (TPSA) is 63.8 Å². The number of nitrogens with two attached hydrogens (primary N) is 1. The van der Waals surface area contributed by atoms with Gasteiger partial charge in [-0.1, -0.05) is 12.2 Å². The summed E-state index contributed by atoms with van der Waals surface area (Å²) in [5, 5.41) is 5.93. The molecular formula is C10H10N4S2. The van der Waals surface area contributed by atoms with E-state index in [9.17, 15) is 0 Å². The first-order valence-corrected chi connectivity index (χ1v) is 5.89. The van der Waals surface area contributed by atoms with Gasteiger partial charge in [0, 0.05) is 11.6 Å². The van der Waals surface area contributed by atoms with E-state index in [1.165, 1.54) is 11.3 Å². The predicted molar refractivity (Wildman–Crippen MR) is 70.3 cm³/mol. The Bertz CT molecular complexity index is 521. The number of hydrogen-bond donors (Lipinski definition) is 2. The van der Waals surface area contributed by atoms with Gasteiger partial charge < -0.3 is 11.1 Å². The van der Waals surface area contributed by atoms with Gasteiger partial charge in [-0.15, -0.1) is 11.3 Å². The summed E-state index contributed by atoms with van der Waals surface area (Å²) in [6, 6.07) is 3.70. The summed E-state index contributed by atoms with van der Waals surface area (Å²) < 4.78 is 0. The lowest BCUT2D eigenvalue weighted by Gasteiger charge is -2.06. The molecule has 3 N–H and O–H groups in total. The number of nitrogens with zero attached hydrogens (tertiary/aromatic N) is 2. The highest BCUT2D eigenvalue weighted by molar-refractivity contribution is 7.80. The van der Waals surface area contributed by atoms with E-state index in [0.717, 1.165) is 16.5 Å². The van der Waals surface area contributed by atoms with Crippen molar-refractivity contribution in [1.29, 1.82) is 0 Å². The Morgan fingerprint density at radius 1 is 1.56 bits per heavy atom. The number of thiocarbonyl (C=S) groups is 1. The molecule has 0 saturated heterocycles. The SMILES string of the molecule is Cc1csc(Nc2cccnc2C(N)=S)n1. The summed E-state index contributed by atoms with van der Waals surface area (Å²) in [7, 11) is 0. The van der Waals surface area contributed by atoms with Crippen LogP contribution < -0.4 is 11.1 Å². The Labute approximate surface area is 103 Å². The molecule has 0 spiro atoms. The average molecular weight is 250 g/mol. The van der Waals surface area contributed by atoms with Crippen molar-refractivity contribution < 1.29 is 0 Å². The number of hydrogen-bond acceptors (Lipinski definition) is 5. The van der Waals surface area contributed by atoms with Crippen LogP contribution in [-0.2, 0) is 0 Å². The van der Waals surface area contributed by atoms with E-state index in [0.29, 0.717) is 5.69 Å². The molecule has 0 fully saturated rings. The lowest BCUT2D eigenvalue weighted by Crippen LogP contribution is -2.13. The molecule has 82 valence electrons. The molecule has 2 aromatic rings. The van der Waals surface area contributed by atoms with Gasteiger partial charge in [0.15, 0.2) is 5.13 Å². The molecule has 0 aliphatic carbocycles. The Morgan fingerprint density at radius 3 is 3.00 bits per heavy atom. The van der Waals surface area contributed by atoms with Crippen molar-refractivity contribution in [3.05, 3.63) is 35.1 Å². The van der Waals surface area contributed by atoms with Crippen molar-refractivity contribution in [1.82, 2.24) is 9.97 Å². The summed E-state index contributed by atoms with van der Waals surface area (Å²) in [6.07, 6.45) is 1.66. The highest BCUT2D eigenvalue weighted by atomic mass is 32.1. The van der Waals surface area contributed by atoms with Gasteiger partial charge in [0.25, 0.3) is 0 Å². The molecule has 2 rings (SSSR count). The molecule has 0 radical (unpaired) electrons. The number of aryl methyl sites for hydroxylation is 1. The molecule has 0 bridgehead atoms. The van der Waals surface area contributed by atoms with Gasteiger partial charge in [-0.25, -0.2) is 4.98 Å². The minimum atomic E-state index is 0.274. The van der Waals surface area contributed by atoms with Crippen molar-refractivity contribution in [2.24, 2.45) is 5.73 Å². The molecule has 0 aliphatic rings. The van der Waals surface area contributed by atoms with Crippen molar-refractivity contribution >= 4 is 39.4 Å². The van der Waals surface area contributed by atoms with Gasteiger partial charge >= 0.3 is 0 Å². The Kier molecular flexibility index (Phi) is 3.12. The summed E-state index contributed by atoms with van der Waals surface area (Å²) in [6.45, 7) is 1.94. The number of pyridine rings is 1. The first kappa shape index (κ1) is 11.0. The van der Waals surface area contributed by atoms with Crippen LogP contribution >= 0.6 is 23.6 Å². The molecule has 0 unspecified atom stereocenters. The largest absolute Gasteiger partial charge is 0.388 e. The van der Waals surface area contributed by atoms with Crippen molar-refractivity contribution in [2.75, 3.05) is 5.32 Å². The lowest BCUT2D eigenvalue weighted by molar-refractivity contribution is 1.24. The summed E-state index contributed by atoms with van der Waals surface area (Å²) >= 11 is 6.46. The summed E-state index contributed by atoms with van der Waals surface area (Å²) in [4.78, 5) is 8.71. The standard InChI is InChI=1S/C10H10N4S2/c1-6-5-16-10(13-6)14-7-3-2-4-12-8(7)9(11)15/h2-5H,1H3,(H2,11,15)(H,13,14). The number of anilines is 2. The third-order valence-corrected chi connectivity index (χ3v) is 2.97. The van der Waals surface area contributed by atoms with Gasteiger partial charge in [-0.3, -0.25) is 4.98 Å². The number of nitrogens with one attached hydrogen (secondary N) is 1. The van der Waals surface area contributed by atoms with Gasteiger partial charge in [-0.2, -0.15) is 0 Å². The van der Waals surface area contributed by atoms with Crippen LogP contribution in [0.1, 0.15) is 11.4 Å². The van der Waals surface area contributed by atoms with Gasteiger partial charge in [0.1, 0.15) is 10.7 Å². The van der Waals surface area contributed by atoms with Gasteiger partial charge in [0.05, 0.1) is 11.4 Å². The fourth-order valence-corrected chi connectivity index (χ4v) is 2.09. The predicted octanol–water partition coefficient (Wildman–Crippen LogP) is 2.22. The molecule has 4 nitrogen and oxygen atoms in total. The molecular weight excluding hydrogens is 240 g/mol. The van der Waals surface area contributed by atoms with Gasteiger partial charge in [0.2, 0.25) is 0 Å². The fraction of sp³-hybridized carbons (Fsp3) is 0.100. The molecule has 0 saturated carbocycles. The fourth-order valence-electron chi connectivity index (χ4n) is 1.23. The second-order valence-corrected chi connectivity index (χ2v) is 4.48. The number of rotatable bonds is 3. The molecule has 2 heterocycles. The van der Waals surface area contributed by atoms with E-state index in [4.69, 9.17) is 18.0 Å². The number of thiazole rings is 1. The monoisotopic (exact) mass is 250 g/mol. The Morgan fingerprint density at radius 2 is 2.38 bits per heavy atom. The highest BCUT2D eigenvalue weighted by Crippen LogP contribution is 2.22. The van der Waals surface area contributed by atoms with Crippen molar-refractivity contribution in [2.45, 2.75) is 6.92 Å². The van der Waals surface area contributed by atoms with Crippen LogP contribution in [-0.4, -0.2) is 15.0 Å². The second kappa shape index (κ2) is 4.54. The molecule has 6 heteroatoms. The third-order valence-electron chi connectivity index (χ3n) is 1.90. The van der Waals surface area contributed by atoms with Crippen LogP contribution in [0.2, 0.25) is 0 Å². The maximum absolute atomic E-state index is 5.59. The normalized spacial score (nSPS) is 10.1. The smallest absolute Gasteiger partial charge is 0.187 e. The minimum absolute atomic E-state index is 0.274. The van der Waals surface area contributed by atoms with Crippen LogP contribution in [0, 0.1) is 6.92 Å². The quantitative estimate of drug-likeness (QED) is 0.818. The van der Waals surface area contributed by atoms with E-state index in [1.54, 1.807) is 6.20 Å². The van der Waals surface area contributed by atoms with Crippen molar-refractivity contribution in [3.63, 3.8) is 0 Å². The molecule has 16 heavy (non-hydrogen) atoms. The second-order valence-electron chi connectivity index (χ2n) is 3.18. The third kappa shape index (κ3) is 2.34. The molecule has 0 amide bonds. The van der Waals surface area contributed by atoms with E-state index in [-0.39, 0.29) is 4.99 Å². The summed E-state index contributed by atoms with van der Waals surface area (Å²) in [5.74, 6) is 0. The Hall–Kier alpha value is -1.53. The zero-order chi connectivity index (χ0) is 11.5. The van der Waals surface area contributed by atoms with Crippen LogP contribution in [0.4, 0.5) is 10.8 Å². The van der Waals surface area contributed by atoms with E-state index in [2.05, 4.69) is 15.3 Å². The molecule has 2 aromatic heterocycles. The van der Waals surface area contributed by atoms with Crippen LogP contribution in [0.15, 0.2) is 23.7 Å².